The van der Waals surface area contributed by atoms with Crippen LogP contribution < -0.4 is 15.9 Å². The first-order chi connectivity index (χ1) is 10.0. The maximum Gasteiger partial charge on any atom is 0.304 e. The summed E-state index contributed by atoms with van der Waals surface area (Å²) >= 11 is 0. The number of methoxy groups -OCH3 is 1. The highest BCUT2D eigenvalue weighted by Crippen LogP contribution is 2.30. The number of H-pyrrole nitrogens is 1. The van der Waals surface area contributed by atoms with Crippen LogP contribution >= 0.6 is 0 Å². The van der Waals surface area contributed by atoms with E-state index in [1.165, 1.54) is 0 Å². The van der Waals surface area contributed by atoms with Gasteiger partial charge >= 0.3 is 5.56 Å². The number of nitrogens with two attached hydrogens (primary N) is 1. The van der Waals surface area contributed by atoms with Crippen molar-refractivity contribution in [3.8, 4) is 0 Å². The molecular formula is C12H18N5O4+. The van der Waals surface area contributed by atoms with Gasteiger partial charge in [0, 0.05) is 13.0 Å². The molecule has 0 spiro atoms. The van der Waals surface area contributed by atoms with Crippen LogP contribution in [0.25, 0.3) is 11.2 Å². The molecule has 9 heteroatoms. The summed E-state index contributed by atoms with van der Waals surface area (Å²) in [5, 5.41) is 10.4. The van der Waals surface area contributed by atoms with Crippen molar-refractivity contribution in [2.45, 2.75) is 12.3 Å². The number of imidazole rings is 1. The number of nitrogens with zero attached hydrogens (tertiary/aromatic N) is 3. The summed E-state index contributed by atoms with van der Waals surface area (Å²) in [7, 11) is 3.30. The van der Waals surface area contributed by atoms with E-state index >= 15 is 0 Å². The Morgan fingerprint density at radius 2 is 2.48 bits per heavy atom. The zero-order valence-electron chi connectivity index (χ0n) is 11.8. The van der Waals surface area contributed by atoms with Crippen molar-refractivity contribution in [1.82, 2.24) is 14.5 Å². The minimum atomic E-state index is -0.747. The van der Waals surface area contributed by atoms with Gasteiger partial charge in [0.1, 0.15) is 6.10 Å². The zero-order valence-corrected chi connectivity index (χ0v) is 11.8. The molecule has 3 heterocycles. The number of hydrogen-bond acceptors (Lipinski definition) is 6. The third-order valence-corrected chi connectivity index (χ3v) is 3.70. The fourth-order valence-electron chi connectivity index (χ4n) is 2.71. The summed E-state index contributed by atoms with van der Waals surface area (Å²) in [6, 6.07) is 0. The van der Waals surface area contributed by atoms with Gasteiger partial charge in [0.05, 0.1) is 20.3 Å². The number of ether oxygens (including phenoxy) is 2. The third kappa shape index (κ3) is 2.19. The largest absolute Gasteiger partial charge is 0.386 e. The highest BCUT2D eigenvalue weighted by atomic mass is 16.5. The van der Waals surface area contributed by atoms with Crippen molar-refractivity contribution in [2.24, 2.45) is 13.0 Å². The van der Waals surface area contributed by atoms with Crippen molar-refractivity contribution in [3.63, 3.8) is 0 Å². The van der Waals surface area contributed by atoms with E-state index in [1.54, 1.807) is 29.6 Å². The van der Waals surface area contributed by atoms with Crippen LogP contribution in [0, 0.1) is 5.92 Å². The minimum absolute atomic E-state index is 0.0216. The molecule has 1 aliphatic rings. The van der Waals surface area contributed by atoms with Gasteiger partial charge in [-0.25, -0.2) is 4.57 Å². The Bertz CT molecular complexity index is 724. The standard InChI is InChI=1S/C12H17N5O4/c1-16-5-17(9-7(16)10(19)15-12(13)14-9)11-8(18)6(3-20-2)4-21-11/h5-6,8,11,18H,3-4H2,1-2H3,(H2-,13,14,15,19)/p+1/t6-,8-,11-/m1/s1. The Morgan fingerprint density at radius 1 is 1.71 bits per heavy atom. The lowest BCUT2D eigenvalue weighted by Gasteiger charge is -2.14. The fourth-order valence-corrected chi connectivity index (χ4v) is 2.71. The first kappa shape index (κ1) is 14.0. The molecule has 0 unspecified atom stereocenters. The Balaban J connectivity index is 2.08. The van der Waals surface area contributed by atoms with Crippen molar-refractivity contribution in [3.05, 3.63) is 16.7 Å². The van der Waals surface area contributed by atoms with E-state index in [4.69, 9.17) is 15.2 Å². The van der Waals surface area contributed by atoms with E-state index in [9.17, 15) is 9.90 Å². The van der Waals surface area contributed by atoms with Crippen molar-refractivity contribution >= 4 is 17.1 Å². The predicted molar refractivity (Wildman–Crippen MR) is 72.3 cm³/mol. The van der Waals surface area contributed by atoms with Crippen LogP contribution in [-0.2, 0) is 16.5 Å². The number of aromatic nitrogens is 4. The zero-order chi connectivity index (χ0) is 15.1. The van der Waals surface area contributed by atoms with Gasteiger partial charge in [0.2, 0.25) is 18.5 Å². The number of anilines is 1. The Kier molecular flexibility index (Phi) is 3.40. The molecule has 0 aliphatic carbocycles. The number of aliphatic hydroxyl groups is 1. The lowest BCUT2D eigenvalue weighted by molar-refractivity contribution is -0.646. The summed E-state index contributed by atoms with van der Waals surface area (Å²) in [6.45, 7) is 0.779. The smallest absolute Gasteiger partial charge is 0.304 e. The normalized spacial score (nSPS) is 25.8. The number of aromatic amines is 1. The highest BCUT2D eigenvalue weighted by Gasteiger charge is 2.42. The summed E-state index contributed by atoms with van der Waals surface area (Å²) in [4.78, 5) is 18.6. The van der Waals surface area contributed by atoms with Gasteiger partial charge in [-0.3, -0.25) is 9.78 Å². The number of aryl methyl sites for hydroxylation is 1. The SMILES string of the molecule is COC[C@@H]1CO[C@@H](n2c[n+](C)c3c(=O)[nH]c(N)nc32)[C@@H]1O. The van der Waals surface area contributed by atoms with E-state index in [1.807, 2.05) is 0 Å². The first-order valence-electron chi connectivity index (χ1n) is 6.57. The molecule has 0 radical (unpaired) electrons. The number of nitrogens with one attached hydrogen (secondary N) is 1. The van der Waals surface area contributed by atoms with Crippen molar-refractivity contribution < 1.29 is 19.1 Å². The van der Waals surface area contributed by atoms with Gasteiger partial charge < -0.3 is 20.3 Å². The Labute approximate surface area is 119 Å². The molecule has 0 aromatic carbocycles. The number of hydrogen-bond donors (Lipinski definition) is 3. The van der Waals surface area contributed by atoms with Gasteiger partial charge in [-0.1, -0.05) is 0 Å². The van der Waals surface area contributed by atoms with Crippen LogP contribution in [0.2, 0.25) is 0 Å². The fraction of sp³-hybridized carbons (Fsp3) is 0.583. The van der Waals surface area contributed by atoms with Crippen LogP contribution in [0.15, 0.2) is 11.1 Å². The van der Waals surface area contributed by atoms with Crippen LogP contribution in [0.4, 0.5) is 5.95 Å². The quantitative estimate of drug-likeness (QED) is 0.580. The number of rotatable bonds is 3. The van der Waals surface area contributed by atoms with Gasteiger partial charge in [-0.05, 0) is 0 Å². The molecule has 1 aliphatic heterocycles. The molecular weight excluding hydrogens is 278 g/mol. The molecule has 3 rings (SSSR count). The maximum absolute atomic E-state index is 12.0. The summed E-state index contributed by atoms with van der Waals surface area (Å²) < 4.78 is 14.0. The molecule has 2 aromatic rings. The highest BCUT2D eigenvalue weighted by molar-refractivity contribution is 5.66. The summed E-state index contributed by atoms with van der Waals surface area (Å²) in [5.41, 5.74) is 6.01. The van der Waals surface area contributed by atoms with Crippen LogP contribution in [0.1, 0.15) is 6.23 Å². The summed E-state index contributed by atoms with van der Waals surface area (Å²) in [6.07, 6.45) is 0.292. The second-order valence-electron chi connectivity index (χ2n) is 5.19. The van der Waals surface area contributed by atoms with E-state index in [0.717, 1.165) is 0 Å². The summed E-state index contributed by atoms with van der Waals surface area (Å²) in [5.74, 6) is -0.101. The van der Waals surface area contributed by atoms with E-state index in [-0.39, 0.29) is 17.4 Å². The van der Waals surface area contributed by atoms with Crippen LogP contribution in [0.5, 0.6) is 0 Å². The average Bonchev–Trinajstić information content (AvgIpc) is 2.92. The van der Waals surface area contributed by atoms with Gasteiger partial charge in [-0.2, -0.15) is 9.55 Å². The molecule has 2 aromatic heterocycles. The Morgan fingerprint density at radius 3 is 3.19 bits per heavy atom. The molecule has 1 fully saturated rings. The number of fused-ring (bicyclic) bond motifs is 1. The molecule has 0 saturated carbocycles. The van der Waals surface area contributed by atoms with E-state index in [2.05, 4.69) is 9.97 Å². The molecule has 3 atom stereocenters. The maximum atomic E-state index is 12.0. The Hall–Kier alpha value is -1.97. The molecule has 0 amide bonds. The second kappa shape index (κ2) is 5.10. The average molecular weight is 296 g/mol. The lowest BCUT2D eigenvalue weighted by atomic mass is 10.1. The molecule has 4 N–H and O–H groups in total. The van der Waals surface area contributed by atoms with Crippen LogP contribution in [0.3, 0.4) is 0 Å². The molecule has 0 bridgehead atoms. The van der Waals surface area contributed by atoms with Gasteiger partial charge in [0.15, 0.2) is 0 Å². The monoisotopic (exact) mass is 296 g/mol. The number of nitrogen functional groups attached to an aromatic ring is 1. The number of aliphatic hydroxyl groups excluding tert-OH is 1. The molecule has 1 saturated heterocycles. The topological polar surface area (TPSA) is 119 Å². The molecule has 114 valence electrons. The van der Waals surface area contributed by atoms with E-state index in [0.29, 0.717) is 24.4 Å². The lowest BCUT2D eigenvalue weighted by Crippen LogP contribution is -2.32. The van der Waals surface area contributed by atoms with Crippen LogP contribution in [-0.4, -0.2) is 46.1 Å². The van der Waals surface area contributed by atoms with Gasteiger partial charge in [0.25, 0.3) is 11.2 Å². The third-order valence-electron chi connectivity index (χ3n) is 3.70. The van der Waals surface area contributed by atoms with Crippen molar-refractivity contribution in [1.29, 1.82) is 0 Å². The van der Waals surface area contributed by atoms with E-state index < -0.39 is 12.3 Å². The minimum Gasteiger partial charge on any atom is -0.386 e. The second-order valence-corrected chi connectivity index (χ2v) is 5.19. The molecule has 9 nitrogen and oxygen atoms in total. The first-order valence-corrected chi connectivity index (χ1v) is 6.57. The van der Waals surface area contributed by atoms with Gasteiger partial charge in [-0.15, -0.1) is 0 Å². The molecule has 21 heavy (non-hydrogen) atoms. The van der Waals surface area contributed by atoms with Crippen molar-refractivity contribution in [2.75, 3.05) is 26.1 Å². The predicted octanol–water partition coefficient (Wildman–Crippen LogP) is -1.72.